The lowest BCUT2D eigenvalue weighted by atomic mass is 10.0. The molecule has 0 saturated carbocycles. The van der Waals surface area contributed by atoms with Crippen molar-refractivity contribution in [2.45, 2.75) is 32.7 Å². The Bertz CT molecular complexity index is 1670. The van der Waals surface area contributed by atoms with Crippen molar-refractivity contribution >= 4 is 74.0 Å². The van der Waals surface area contributed by atoms with E-state index in [2.05, 4.69) is 51.7 Å². The fraction of sp³-hybridized carbons (Fsp3) is 0.345. The molecule has 8 nitrogen and oxygen atoms in total. The molecule has 0 aliphatic carbocycles. The molecule has 2 aliphatic rings. The van der Waals surface area contributed by atoms with Gasteiger partial charge in [0.1, 0.15) is 5.84 Å². The van der Waals surface area contributed by atoms with Crippen LogP contribution in [0.2, 0.25) is 0 Å². The summed E-state index contributed by atoms with van der Waals surface area (Å²) in [6.07, 6.45) is -6.54. The number of carbonyl (C=O) groups is 2. The lowest BCUT2D eigenvalue weighted by Gasteiger charge is -2.16. The van der Waals surface area contributed by atoms with Crippen LogP contribution in [0.4, 0.5) is 35.9 Å². The summed E-state index contributed by atoms with van der Waals surface area (Å²) in [5.74, 6) is 1.14. The summed E-state index contributed by atoms with van der Waals surface area (Å²) in [5.41, 5.74) is -1.83. The van der Waals surface area contributed by atoms with E-state index < -0.39 is 23.5 Å². The first-order chi connectivity index (χ1) is 21.7. The summed E-state index contributed by atoms with van der Waals surface area (Å²) in [5, 5.41) is 9.85. The molecule has 3 heterocycles. The molecule has 0 radical (unpaired) electrons. The van der Waals surface area contributed by atoms with Gasteiger partial charge in [0.15, 0.2) is 0 Å². The summed E-state index contributed by atoms with van der Waals surface area (Å²) in [7, 11) is 0. The Labute approximate surface area is 274 Å². The molecular weight excluding hydrogens is 675 g/mol. The zero-order chi connectivity index (χ0) is 33.6. The fourth-order valence-corrected chi connectivity index (χ4v) is 6.07. The lowest BCUT2D eigenvalue weighted by molar-refractivity contribution is -0.143. The van der Waals surface area contributed by atoms with E-state index in [0.29, 0.717) is 45.0 Å². The van der Waals surface area contributed by atoms with E-state index in [-0.39, 0.29) is 28.7 Å². The van der Waals surface area contributed by atoms with Gasteiger partial charge in [0.05, 0.1) is 45.4 Å². The van der Waals surface area contributed by atoms with Gasteiger partial charge in [-0.05, 0) is 66.3 Å². The van der Waals surface area contributed by atoms with Gasteiger partial charge in [0.25, 0.3) is 10.5 Å². The number of alkyl halides is 6. The Morgan fingerprint density at radius 1 is 1.02 bits per heavy atom. The van der Waals surface area contributed by atoms with Crippen molar-refractivity contribution in [3.8, 4) is 0 Å². The van der Waals surface area contributed by atoms with E-state index in [0.717, 1.165) is 43.0 Å². The number of thioether (sulfide) groups is 2. The van der Waals surface area contributed by atoms with Crippen LogP contribution < -0.4 is 10.6 Å². The van der Waals surface area contributed by atoms with Crippen LogP contribution in [0.3, 0.4) is 0 Å². The molecule has 3 aromatic rings. The largest absolute Gasteiger partial charge is 0.416 e. The highest BCUT2D eigenvalue weighted by Crippen LogP contribution is 2.37. The maximum Gasteiger partial charge on any atom is 0.416 e. The molecule has 0 bridgehead atoms. The molecule has 2 saturated heterocycles. The molecule has 2 fully saturated rings. The molecule has 1 aromatic heterocycles. The van der Waals surface area contributed by atoms with Gasteiger partial charge in [-0.2, -0.15) is 31.4 Å². The number of halogens is 6. The molecule has 0 unspecified atom stereocenters. The zero-order valence-electron chi connectivity index (χ0n) is 24.5. The third-order valence-corrected chi connectivity index (χ3v) is 8.81. The number of nitrogens with one attached hydrogen (secondary N) is 2. The van der Waals surface area contributed by atoms with Crippen molar-refractivity contribution in [3.63, 3.8) is 0 Å². The number of benzene rings is 2. The second-order valence-electron chi connectivity index (χ2n) is 9.92. The van der Waals surface area contributed by atoms with Gasteiger partial charge < -0.3 is 15.5 Å². The Balaban J connectivity index is 0.000000606. The highest BCUT2D eigenvalue weighted by Gasteiger charge is 2.38. The normalized spacial score (nSPS) is 17.2. The van der Waals surface area contributed by atoms with Crippen molar-refractivity contribution in [3.05, 3.63) is 69.8 Å². The minimum atomic E-state index is -4.96. The van der Waals surface area contributed by atoms with Crippen LogP contribution >= 0.6 is 35.7 Å². The first-order valence-electron chi connectivity index (χ1n) is 13.8. The number of nitrogens with zero attached hydrogens (tertiary/aromatic N) is 4. The minimum absolute atomic E-state index is 0.0231. The maximum absolute atomic E-state index is 13.5. The van der Waals surface area contributed by atoms with Gasteiger partial charge in [-0.25, -0.2) is 0 Å². The van der Waals surface area contributed by atoms with Gasteiger partial charge in [-0.1, -0.05) is 50.0 Å². The number of amidine groups is 1. The molecule has 0 atom stereocenters. The third kappa shape index (κ3) is 9.56. The number of carbonyl (C=O) groups excluding carboxylic acids is 2. The predicted molar refractivity (Wildman–Crippen MR) is 173 cm³/mol. The summed E-state index contributed by atoms with van der Waals surface area (Å²) >= 11 is 6.87. The first-order valence-corrected chi connectivity index (χ1v) is 16.1. The SMILES string of the molecule is CCN(CC)CCN=C1NC(=O)S/C1=C\c1ccc2nn(Cc3ccc(C(F)(F)F)cc3C(F)(F)F)cc2c1.O=C1NC(=S)CS1. The van der Waals surface area contributed by atoms with Crippen LogP contribution in [0.15, 0.2) is 52.5 Å². The molecule has 2 aliphatic heterocycles. The maximum atomic E-state index is 13.5. The van der Waals surface area contributed by atoms with E-state index in [1.54, 1.807) is 24.3 Å². The average Bonchev–Trinajstić information content (AvgIpc) is 3.67. The van der Waals surface area contributed by atoms with Crippen molar-refractivity contribution < 1.29 is 35.9 Å². The number of amides is 2. The highest BCUT2D eigenvalue weighted by atomic mass is 32.2. The fourth-order valence-electron chi connectivity index (χ4n) is 4.45. The van der Waals surface area contributed by atoms with E-state index in [9.17, 15) is 35.9 Å². The number of aliphatic imine (C=N–C) groups is 1. The van der Waals surface area contributed by atoms with Crippen LogP contribution in [0.5, 0.6) is 0 Å². The van der Waals surface area contributed by atoms with Crippen molar-refractivity contribution in [1.29, 1.82) is 0 Å². The molecule has 5 rings (SSSR count). The Kier molecular flexibility index (Phi) is 11.6. The third-order valence-electron chi connectivity index (χ3n) is 6.76. The van der Waals surface area contributed by atoms with Crippen LogP contribution in [-0.4, -0.2) is 67.9 Å². The predicted octanol–water partition coefficient (Wildman–Crippen LogP) is 7.43. The van der Waals surface area contributed by atoms with E-state index in [4.69, 9.17) is 0 Å². The molecule has 2 N–H and O–H groups in total. The molecule has 0 spiro atoms. The minimum Gasteiger partial charge on any atom is -0.310 e. The molecule has 2 aromatic carbocycles. The number of hydrogen-bond donors (Lipinski definition) is 2. The van der Waals surface area contributed by atoms with Gasteiger partial charge in [-0.3, -0.25) is 19.3 Å². The highest BCUT2D eigenvalue weighted by molar-refractivity contribution is 8.18. The van der Waals surface area contributed by atoms with E-state index >= 15 is 0 Å². The number of fused-ring (bicyclic) bond motifs is 1. The van der Waals surface area contributed by atoms with Gasteiger partial charge in [0.2, 0.25) is 0 Å². The number of rotatable bonds is 8. The summed E-state index contributed by atoms with van der Waals surface area (Å²) in [6.45, 7) is 6.83. The van der Waals surface area contributed by atoms with Crippen LogP contribution in [0.1, 0.15) is 36.1 Å². The van der Waals surface area contributed by atoms with Gasteiger partial charge >= 0.3 is 12.4 Å². The summed E-state index contributed by atoms with van der Waals surface area (Å²) in [6, 6.07) is 6.79. The lowest BCUT2D eigenvalue weighted by Crippen LogP contribution is -2.27. The molecular formula is C29H28F6N6O2S3. The number of aromatic nitrogens is 2. The van der Waals surface area contributed by atoms with Crippen LogP contribution in [0.25, 0.3) is 17.0 Å². The smallest absolute Gasteiger partial charge is 0.310 e. The summed E-state index contributed by atoms with van der Waals surface area (Å²) < 4.78 is 80.8. The van der Waals surface area contributed by atoms with Crippen molar-refractivity contribution in [2.75, 3.05) is 31.9 Å². The molecule has 46 heavy (non-hydrogen) atoms. The topological polar surface area (TPSA) is 91.6 Å². The second kappa shape index (κ2) is 15.0. The number of hydrogen-bond acceptors (Lipinski definition) is 8. The van der Waals surface area contributed by atoms with Gasteiger partial charge in [0, 0.05) is 18.1 Å². The van der Waals surface area contributed by atoms with E-state index in [1.807, 2.05) is 0 Å². The van der Waals surface area contributed by atoms with Gasteiger partial charge in [-0.15, -0.1) is 0 Å². The Morgan fingerprint density at radius 2 is 1.76 bits per heavy atom. The number of thiocarbonyl (C=S) groups is 1. The first kappa shape index (κ1) is 35.4. The van der Waals surface area contributed by atoms with Crippen molar-refractivity contribution in [1.82, 2.24) is 25.3 Å². The van der Waals surface area contributed by atoms with E-state index in [1.165, 1.54) is 22.6 Å². The van der Waals surface area contributed by atoms with Crippen LogP contribution in [-0.2, 0) is 18.9 Å². The Morgan fingerprint density at radius 3 is 2.35 bits per heavy atom. The Hall–Kier alpha value is -3.41. The summed E-state index contributed by atoms with van der Waals surface area (Å²) in [4.78, 5) is 30.2. The second-order valence-corrected chi connectivity index (χ2v) is 12.4. The molecule has 246 valence electrons. The van der Waals surface area contributed by atoms with Crippen LogP contribution in [0, 0.1) is 0 Å². The molecule has 17 heteroatoms. The van der Waals surface area contributed by atoms with Crippen molar-refractivity contribution in [2.24, 2.45) is 4.99 Å². The quantitative estimate of drug-likeness (QED) is 0.186. The monoisotopic (exact) mass is 702 g/mol. The molecule has 2 amide bonds. The zero-order valence-corrected chi connectivity index (χ0v) is 26.9. The standard InChI is InChI=1S/C26H25F6N5OS.C3H3NOS2/c1-3-36(4-2)10-9-33-23-22(39-24(38)34-23)12-16-5-8-21-18(11-16)15-37(35-21)14-17-6-7-19(25(27,28)29)13-20(17)26(30,31)32;5-3-4-2(6)1-7-3/h5-8,11-13,15H,3-4,9-10,14H2,1-2H3,(H,33,34,38);1H2,(H,4,5,6)/b22-12-;. The average molecular weight is 703 g/mol. The number of likely N-dealkylation sites (N-methyl/N-ethyl adjacent to an activating group) is 1.